The van der Waals surface area contributed by atoms with Gasteiger partial charge in [0.2, 0.25) is 0 Å². The molecule has 1 heterocycles. The minimum atomic E-state index is 0.367. The zero-order valence-corrected chi connectivity index (χ0v) is 7.31. The van der Waals surface area contributed by atoms with Crippen molar-refractivity contribution in [2.75, 3.05) is 6.54 Å². The number of piperidine rings is 1. The monoisotopic (exact) mass is 165 g/mol. The minimum Gasteiger partial charge on any atom is -0.307 e. The van der Waals surface area contributed by atoms with Crippen molar-refractivity contribution in [3.63, 3.8) is 0 Å². The molecule has 1 aliphatic heterocycles. The molecule has 0 aromatic rings. The lowest BCUT2D eigenvalue weighted by Crippen LogP contribution is -2.47. The Kier molecular flexibility index (Phi) is 2.01. The summed E-state index contributed by atoms with van der Waals surface area (Å²) < 4.78 is 0. The summed E-state index contributed by atoms with van der Waals surface area (Å²) >= 11 is 0. The second-order valence-corrected chi connectivity index (χ2v) is 3.98. The first-order chi connectivity index (χ1) is 5.75. The standard InChI is InChI=1S/C10H15NO/c1-7-2-3-10-8(4-7)5-9(12)6-11-10/h8,10-11H,1-6H2. The van der Waals surface area contributed by atoms with Crippen LogP contribution in [0.15, 0.2) is 12.2 Å². The number of ketones is 1. The Hall–Kier alpha value is -0.630. The van der Waals surface area contributed by atoms with Crippen molar-refractivity contribution >= 4 is 5.78 Å². The highest BCUT2D eigenvalue weighted by molar-refractivity contribution is 5.81. The van der Waals surface area contributed by atoms with Crippen molar-refractivity contribution in [2.45, 2.75) is 31.7 Å². The topological polar surface area (TPSA) is 29.1 Å². The number of Topliss-reactive ketones (excluding diaryl/α,β-unsaturated/α-hetero) is 1. The number of rotatable bonds is 0. The van der Waals surface area contributed by atoms with Crippen molar-refractivity contribution in [3.8, 4) is 0 Å². The summed E-state index contributed by atoms with van der Waals surface area (Å²) in [4.78, 5) is 11.1. The Morgan fingerprint density at radius 3 is 3.08 bits per heavy atom. The van der Waals surface area contributed by atoms with Crippen molar-refractivity contribution in [3.05, 3.63) is 12.2 Å². The molecule has 2 aliphatic rings. The van der Waals surface area contributed by atoms with Crippen LogP contribution in [0.3, 0.4) is 0 Å². The third-order valence-corrected chi connectivity index (χ3v) is 2.98. The Balaban J connectivity index is 2.03. The lowest BCUT2D eigenvalue weighted by molar-refractivity contribution is -0.121. The maximum absolute atomic E-state index is 11.1. The van der Waals surface area contributed by atoms with Gasteiger partial charge in [-0.1, -0.05) is 12.2 Å². The first-order valence-corrected chi connectivity index (χ1v) is 4.67. The van der Waals surface area contributed by atoms with E-state index in [0.29, 0.717) is 24.3 Å². The Labute approximate surface area is 73.0 Å². The van der Waals surface area contributed by atoms with Crippen molar-refractivity contribution in [1.29, 1.82) is 0 Å². The van der Waals surface area contributed by atoms with E-state index in [2.05, 4.69) is 11.9 Å². The maximum atomic E-state index is 11.1. The molecule has 0 spiro atoms. The van der Waals surface area contributed by atoms with E-state index in [-0.39, 0.29) is 0 Å². The van der Waals surface area contributed by atoms with Crippen molar-refractivity contribution in [2.24, 2.45) is 5.92 Å². The summed E-state index contributed by atoms with van der Waals surface area (Å²) in [5.74, 6) is 0.915. The predicted molar refractivity (Wildman–Crippen MR) is 47.9 cm³/mol. The van der Waals surface area contributed by atoms with E-state index in [1.54, 1.807) is 0 Å². The number of nitrogens with one attached hydrogen (secondary N) is 1. The number of carbonyl (C=O) groups is 1. The number of carbonyl (C=O) groups excluding carboxylic acids is 1. The fourth-order valence-corrected chi connectivity index (χ4v) is 2.30. The van der Waals surface area contributed by atoms with Gasteiger partial charge in [-0.05, 0) is 25.2 Å². The van der Waals surface area contributed by atoms with E-state index < -0.39 is 0 Å². The van der Waals surface area contributed by atoms with E-state index >= 15 is 0 Å². The predicted octanol–water partition coefficient (Wildman–Crippen LogP) is 1.27. The van der Waals surface area contributed by atoms with E-state index in [4.69, 9.17) is 0 Å². The van der Waals surface area contributed by atoms with Gasteiger partial charge in [0.15, 0.2) is 0 Å². The summed E-state index contributed by atoms with van der Waals surface area (Å²) in [7, 11) is 0. The van der Waals surface area contributed by atoms with Crippen LogP contribution in [0.1, 0.15) is 25.7 Å². The highest BCUT2D eigenvalue weighted by Crippen LogP contribution is 2.31. The average molecular weight is 165 g/mol. The molecule has 2 heteroatoms. The molecule has 0 amide bonds. The fourth-order valence-electron chi connectivity index (χ4n) is 2.30. The zero-order chi connectivity index (χ0) is 8.55. The van der Waals surface area contributed by atoms with Gasteiger partial charge < -0.3 is 5.32 Å². The smallest absolute Gasteiger partial charge is 0.146 e. The molecule has 0 radical (unpaired) electrons. The van der Waals surface area contributed by atoms with Crippen LogP contribution in [0.5, 0.6) is 0 Å². The zero-order valence-electron chi connectivity index (χ0n) is 7.31. The number of hydrogen-bond donors (Lipinski definition) is 1. The molecular formula is C10H15NO. The summed E-state index contributed by atoms with van der Waals surface area (Å²) in [6, 6.07) is 0.591. The molecule has 2 atom stereocenters. The molecule has 1 aliphatic carbocycles. The highest BCUT2D eigenvalue weighted by Gasteiger charge is 2.31. The van der Waals surface area contributed by atoms with Crippen molar-refractivity contribution < 1.29 is 4.79 Å². The van der Waals surface area contributed by atoms with Crippen LogP contribution in [0.25, 0.3) is 0 Å². The van der Waals surface area contributed by atoms with E-state index in [0.717, 1.165) is 19.3 Å². The quantitative estimate of drug-likeness (QED) is 0.548. The van der Waals surface area contributed by atoms with Crippen LogP contribution in [0, 0.1) is 5.92 Å². The van der Waals surface area contributed by atoms with Gasteiger partial charge in [-0.25, -0.2) is 0 Å². The fraction of sp³-hybridized carbons (Fsp3) is 0.700. The molecule has 1 saturated carbocycles. The first kappa shape index (κ1) is 7.99. The third kappa shape index (κ3) is 1.44. The van der Waals surface area contributed by atoms with Crippen molar-refractivity contribution in [1.82, 2.24) is 5.32 Å². The summed E-state index contributed by atoms with van der Waals surface area (Å²) in [5, 5.41) is 3.30. The molecule has 2 fully saturated rings. The van der Waals surface area contributed by atoms with Gasteiger partial charge in [0.05, 0.1) is 6.54 Å². The largest absolute Gasteiger partial charge is 0.307 e. The highest BCUT2D eigenvalue weighted by atomic mass is 16.1. The van der Waals surface area contributed by atoms with E-state index in [9.17, 15) is 4.79 Å². The number of hydrogen-bond acceptors (Lipinski definition) is 2. The lowest BCUT2D eigenvalue weighted by Gasteiger charge is -2.36. The molecule has 2 nitrogen and oxygen atoms in total. The van der Waals surface area contributed by atoms with E-state index in [1.165, 1.54) is 12.0 Å². The van der Waals surface area contributed by atoms with Gasteiger partial charge >= 0.3 is 0 Å². The molecule has 0 aromatic carbocycles. The Morgan fingerprint density at radius 2 is 2.25 bits per heavy atom. The Morgan fingerprint density at radius 1 is 1.42 bits per heavy atom. The number of allylic oxidation sites excluding steroid dienone is 1. The molecule has 1 saturated heterocycles. The second kappa shape index (κ2) is 3.02. The van der Waals surface area contributed by atoms with Gasteiger partial charge in [-0.15, -0.1) is 0 Å². The molecule has 12 heavy (non-hydrogen) atoms. The normalized spacial score (nSPS) is 36.3. The average Bonchev–Trinajstić information content (AvgIpc) is 2.03. The first-order valence-electron chi connectivity index (χ1n) is 4.67. The Bertz CT molecular complexity index is 200. The van der Waals surface area contributed by atoms with Crippen LogP contribution >= 0.6 is 0 Å². The molecule has 2 rings (SSSR count). The molecule has 0 bridgehead atoms. The van der Waals surface area contributed by atoms with E-state index in [1.807, 2.05) is 0 Å². The van der Waals surface area contributed by atoms with Crippen LogP contribution in [0.4, 0.5) is 0 Å². The van der Waals surface area contributed by atoms with Gasteiger partial charge in [-0.2, -0.15) is 0 Å². The van der Waals surface area contributed by atoms with Gasteiger partial charge in [0.1, 0.15) is 5.78 Å². The third-order valence-electron chi connectivity index (χ3n) is 2.98. The van der Waals surface area contributed by atoms with Gasteiger partial charge in [-0.3, -0.25) is 4.79 Å². The van der Waals surface area contributed by atoms with Crippen LogP contribution in [-0.2, 0) is 4.79 Å². The molecule has 66 valence electrons. The maximum Gasteiger partial charge on any atom is 0.146 e. The summed E-state index contributed by atoms with van der Waals surface area (Å²) in [6.45, 7) is 4.58. The SMILES string of the molecule is C=C1CCC2NCC(=O)CC2C1. The second-order valence-electron chi connectivity index (χ2n) is 3.98. The summed E-state index contributed by atoms with van der Waals surface area (Å²) in [6.07, 6.45) is 4.15. The molecule has 1 N–H and O–H groups in total. The molecule has 2 unspecified atom stereocenters. The van der Waals surface area contributed by atoms with Crippen LogP contribution in [0.2, 0.25) is 0 Å². The summed E-state index contributed by atoms with van der Waals surface area (Å²) in [5.41, 5.74) is 1.33. The molecular weight excluding hydrogens is 150 g/mol. The minimum absolute atomic E-state index is 0.367. The van der Waals surface area contributed by atoms with Gasteiger partial charge in [0, 0.05) is 12.5 Å². The van der Waals surface area contributed by atoms with Gasteiger partial charge in [0.25, 0.3) is 0 Å². The van der Waals surface area contributed by atoms with Crippen LogP contribution in [-0.4, -0.2) is 18.4 Å². The molecule has 0 aromatic heterocycles. The van der Waals surface area contributed by atoms with Crippen LogP contribution < -0.4 is 5.32 Å². The number of fused-ring (bicyclic) bond motifs is 1. The lowest BCUT2D eigenvalue weighted by atomic mass is 9.77.